The maximum Gasteiger partial charge on any atom is 0.173 e. The Bertz CT molecular complexity index is 572. The summed E-state index contributed by atoms with van der Waals surface area (Å²) in [6.07, 6.45) is 0. The third kappa shape index (κ3) is 1.23. The van der Waals surface area contributed by atoms with Gasteiger partial charge in [0.15, 0.2) is 5.78 Å². The minimum atomic E-state index is -0.0432. The second-order valence-electron chi connectivity index (χ2n) is 4.24. The molecule has 0 amide bonds. The van der Waals surface area contributed by atoms with Crippen molar-refractivity contribution >= 4 is 16.6 Å². The lowest BCUT2D eigenvalue weighted by Crippen LogP contribution is -2.25. The quantitative estimate of drug-likeness (QED) is 0.671. The molecule has 1 atom stereocenters. The summed E-state index contributed by atoms with van der Waals surface area (Å²) in [7, 11) is 0. The third-order valence-electron chi connectivity index (χ3n) is 3.07. The molecule has 0 saturated carbocycles. The van der Waals surface area contributed by atoms with E-state index >= 15 is 0 Å². The number of hydrogen-bond acceptors (Lipinski definition) is 2. The Morgan fingerprint density at radius 1 is 1.19 bits per heavy atom. The van der Waals surface area contributed by atoms with Crippen molar-refractivity contribution in [3.63, 3.8) is 0 Å². The average Bonchev–Trinajstić information content (AvgIpc) is 2.33. The Kier molecular flexibility index (Phi) is 1.96. The van der Waals surface area contributed by atoms with E-state index in [1.165, 1.54) is 0 Å². The molecule has 0 aromatic heterocycles. The number of fused-ring (bicyclic) bond motifs is 3. The van der Waals surface area contributed by atoms with Gasteiger partial charge < -0.3 is 4.74 Å². The van der Waals surface area contributed by atoms with Gasteiger partial charge in [-0.3, -0.25) is 4.79 Å². The van der Waals surface area contributed by atoms with E-state index in [1.807, 2.05) is 43.3 Å². The topological polar surface area (TPSA) is 26.3 Å². The number of ether oxygens (including phenoxy) is 1. The van der Waals surface area contributed by atoms with Crippen molar-refractivity contribution in [1.82, 2.24) is 0 Å². The van der Waals surface area contributed by atoms with Crippen LogP contribution in [0, 0.1) is 5.92 Å². The van der Waals surface area contributed by atoms with Gasteiger partial charge in [0.1, 0.15) is 5.75 Å². The maximum absolute atomic E-state index is 12.2. The van der Waals surface area contributed by atoms with Gasteiger partial charge >= 0.3 is 0 Å². The summed E-state index contributed by atoms with van der Waals surface area (Å²) in [5, 5.41) is 2.09. The molecule has 1 aliphatic rings. The van der Waals surface area contributed by atoms with Crippen LogP contribution in [0.3, 0.4) is 0 Å². The SMILES string of the molecule is CC1COc2ccc3ccccc3c2C1=O. The number of ketones is 1. The van der Waals surface area contributed by atoms with Crippen molar-refractivity contribution in [1.29, 1.82) is 0 Å². The van der Waals surface area contributed by atoms with Gasteiger partial charge in [0.2, 0.25) is 0 Å². The van der Waals surface area contributed by atoms with Crippen molar-refractivity contribution in [3.8, 4) is 5.75 Å². The van der Waals surface area contributed by atoms with Crippen LogP contribution in [-0.4, -0.2) is 12.4 Å². The number of carbonyl (C=O) groups excluding carboxylic acids is 1. The van der Waals surface area contributed by atoms with E-state index in [1.54, 1.807) is 0 Å². The molecule has 3 rings (SSSR count). The Labute approximate surface area is 93.8 Å². The van der Waals surface area contributed by atoms with Gasteiger partial charge in [-0.15, -0.1) is 0 Å². The van der Waals surface area contributed by atoms with Crippen LogP contribution in [0.2, 0.25) is 0 Å². The summed E-state index contributed by atoms with van der Waals surface area (Å²) in [5.41, 5.74) is 0.747. The first-order valence-electron chi connectivity index (χ1n) is 5.46. The van der Waals surface area contributed by atoms with Gasteiger partial charge in [-0.2, -0.15) is 0 Å². The molecule has 2 aromatic carbocycles. The summed E-state index contributed by atoms with van der Waals surface area (Å²) >= 11 is 0. The highest BCUT2D eigenvalue weighted by Crippen LogP contribution is 2.33. The maximum atomic E-state index is 12.2. The highest BCUT2D eigenvalue weighted by atomic mass is 16.5. The minimum Gasteiger partial charge on any atom is -0.492 e. The lowest BCUT2D eigenvalue weighted by Gasteiger charge is -2.22. The first-order valence-corrected chi connectivity index (χ1v) is 5.46. The predicted molar refractivity (Wildman–Crippen MR) is 62.9 cm³/mol. The normalized spacial score (nSPS) is 19.3. The van der Waals surface area contributed by atoms with E-state index in [-0.39, 0.29) is 11.7 Å². The molecule has 80 valence electrons. The summed E-state index contributed by atoms with van der Waals surface area (Å²) in [6, 6.07) is 11.8. The van der Waals surface area contributed by atoms with Crippen LogP contribution in [0.25, 0.3) is 10.8 Å². The molecule has 1 unspecified atom stereocenters. The molecule has 1 aliphatic heterocycles. The number of benzene rings is 2. The molecule has 0 radical (unpaired) electrons. The standard InChI is InChI=1S/C14H12O2/c1-9-8-16-12-7-6-10-4-2-3-5-11(10)13(12)14(9)15/h2-7,9H,8H2,1H3. The van der Waals surface area contributed by atoms with Crippen molar-refractivity contribution in [3.05, 3.63) is 42.0 Å². The smallest absolute Gasteiger partial charge is 0.173 e. The Morgan fingerprint density at radius 3 is 2.88 bits per heavy atom. The van der Waals surface area contributed by atoms with Crippen LogP contribution in [0.15, 0.2) is 36.4 Å². The minimum absolute atomic E-state index is 0.0432. The molecule has 2 aromatic rings. The molecule has 0 aliphatic carbocycles. The van der Waals surface area contributed by atoms with Crippen LogP contribution in [0.5, 0.6) is 5.75 Å². The van der Waals surface area contributed by atoms with E-state index in [0.717, 1.165) is 22.1 Å². The Morgan fingerprint density at radius 2 is 2.00 bits per heavy atom. The molecule has 0 spiro atoms. The zero-order chi connectivity index (χ0) is 11.1. The zero-order valence-electron chi connectivity index (χ0n) is 9.07. The molecular formula is C14H12O2. The zero-order valence-corrected chi connectivity index (χ0v) is 9.07. The van der Waals surface area contributed by atoms with Gasteiger partial charge in [-0.1, -0.05) is 37.3 Å². The van der Waals surface area contributed by atoms with Crippen LogP contribution >= 0.6 is 0 Å². The highest BCUT2D eigenvalue weighted by Gasteiger charge is 2.26. The van der Waals surface area contributed by atoms with Crippen molar-refractivity contribution in [2.24, 2.45) is 5.92 Å². The second kappa shape index (κ2) is 3.34. The largest absolute Gasteiger partial charge is 0.492 e. The van der Waals surface area contributed by atoms with Crippen molar-refractivity contribution in [2.45, 2.75) is 6.92 Å². The van der Waals surface area contributed by atoms with Crippen LogP contribution in [-0.2, 0) is 0 Å². The van der Waals surface area contributed by atoms with E-state index in [2.05, 4.69) is 0 Å². The molecule has 0 saturated heterocycles. The molecule has 1 heterocycles. The fourth-order valence-electron chi connectivity index (χ4n) is 2.16. The van der Waals surface area contributed by atoms with Crippen LogP contribution in [0.1, 0.15) is 17.3 Å². The number of Topliss-reactive ketones (excluding diaryl/α,β-unsaturated/α-hetero) is 1. The van der Waals surface area contributed by atoms with Crippen molar-refractivity contribution < 1.29 is 9.53 Å². The van der Waals surface area contributed by atoms with Gasteiger partial charge in [0.05, 0.1) is 18.1 Å². The lowest BCUT2D eigenvalue weighted by atomic mass is 9.92. The monoisotopic (exact) mass is 212 g/mol. The third-order valence-corrected chi connectivity index (χ3v) is 3.07. The molecule has 0 N–H and O–H groups in total. The fourth-order valence-corrected chi connectivity index (χ4v) is 2.16. The number of carbonyl (C=O) groups is 1. The average molecular weight is 212 g/mol. The number of hydrogen-bond donors (Lipinski definition) is 0. The Balaban J connectivity index is 2.36. The molecule has 16 heavy (non-hydrogen) atoms. The summed E-state index contributed by atoms with van der Waals surface area (Å²) in [4.78, 5) is 12.2. The van der Waals surface area contributed by atoms with Gasteiger partial charge in [-0.05, 0) is 16.8 Å². The molecule has 0 fully saturated rings. The van der Waals surface area contributed by atoms with E-state index in [0.29, 0.717) is 6.61 Å². The summed E-state index contributed by atoms with van der Waals surface area (Å²) < 4.78 is 5.59. The number of rotatable bonds is 0. The Hall–Kier alpha value is -1.83. The van der Waals surface area contributed by atoms with E-state index in [4.69, 9.17) is 4.74 Å². The van der Waals surface area contributed by atoms with Gasteiger partial charge in [0, 0.05) is 0 Å². The van der Waals surface area contributed by atoms with Gasteiger partial charge in [-0.25, -0.2) is 0 Å². The molecule has 0 bridgehead atoms. The van der Waals surface area contributed by atoms with Gasteiger partial charge in [0.25, 0.3) is 0 Å². The van der Waals surface area contributed by atoms with E-state index < -0.39 is 0 Å². The predicted octanol–water partition coefficient (Wildman–Crippen LogP) is 3.05. The second-order valence-corrected chi connectivity index (χ2v) is 4.24. The molecule has 2 heteroatoms. The van der Waals surface area contributed by atoms with Crippen LogP contribution in [0.4, 0.5) is 0 Å². The highest BCUT2D eigenvalue weighted by molar-refractivity contribution is 6.12. The lowest BCUT2D eigenvalue weighted by molar-refractivity contribution is 0.0851. The van der Waals surface area contributed by atoms with Crippen molar-refractivity contribution in [2.75, 3.05) is 6.61 Å². The first-order chi connectivity index (χ1) is 7.77. The summed E-state index contributed by atoms with van der Waals surface area (Å²) in [5.74, 6) is 0.873. The summed E-state index contributed by atoms with van der Waals surface area (Å²) in [6.45, 7) is 2.40. The molecule has 2 nitrogen and oxygen atoms in total. The molecular weight excluding hydrogens is 200 g/mol. The van der Waals surface area contributed by atoms with Crippen LogP contribution < -0.4 is 4.74 Å². The first kappa shape index (κ1) is 9.40. The van der Waals surface area contributed by atoms with E-state index in [9.17, 15) is 4.79 Å². The fraction of sp³-hybridized carbons (Fsp3) is 0.214.